The van der Waals surface area contributed by atoms with Gasteiger partial charge in [0, 0.05) is 37.6 Å². The highest BCUT2D eigenvalue weighted by molar-refractivity contribution is 8.01. The summed E-state index contributed by atoms with van der Waals surface area (Å²) in [5.74, 6) is 1.46. The lowest BCUT2D eigenvalue weighted by Crippen LogP contribution is -2.49. The Labute approximate surface area is 206 Å². The van der Waals surface area contributed by atoms with Crippen LogP contribution in [0.2, 0.25) is 0 Å². The van der Waals surface area contributed by atoms with Crippen LogP contribution in [-0.4, -0.2) is 64.6 Å². The van der Waals surface area contributed by atoms with Crippen molar-refractivity contribution in [1.82, 2.24) is 15.1 Å². The van der Waals surface area contributed by atoms with Gasteiger partial charge in [0.25, 0.3) is 0 Å². The van der Waals surface area contributed by atoms with Crippen LogP contribution in [0.3, 0.4) is 0 Å². The van der Waals surface area contributed by atoms with E-state index >= 15 is 0 Å². The second kappa shape index (κ2) is 12.1. The molecule has 0 saturated carbocycles. The van der Waals surface area contributed by atoms with Crippen molar-refractivity contribution in [1.29, 1.82) is 0 Å². The molecule has 1 aliphatic rings. The van der Waals surface area contributed by atoms with Gasteiger partial charge in [-0.25, -0.2) is 0 Å². The average molecular weight is 500 g/mol. The van der Waals surface area contributed by atoms with Crippen molar-refractivity contribution in [2.75, 3.05) is 47.9 Å². The minimum Gasteiger partial charge on any atom is -0.368 e. The van der Waals surface area contributed by atoms with Crippen LogP contribution in [0.25, 0.3) is 0 Å². The highest BCUT2D eigenvalue weighted by Crippen LogP contribution is 2.26. The number of nitrogens with zero attached hydrogens (tertiary/aromatic N) is 4. The summed E-state index contributed by atoms with van der Waals surface area (Å²) in [7, 11) is 0. The summed E-state index contributed by atoms with van der Waals surface area (Å²) < 4.78 is 0.679. The maximum Gasteiger partial charge on any atom is 0.236 e. The Morgan fingerprint density at radius 1 is 0.909 bits per heavy atom. The molecule has 2 amide bonds. The quantitative estimate of drug-likeness (QED) is 0.354. The van der Waals surface area contributed by atoms with Crippen LogP contribution in [0, 0.1) is 0 Å². The van der Waals surface area contributed by atoms with Gasteiger partial charge in [0.15, 0.2) is 4.34 Å². The number of thioether (sulfide) groups is 2. The molecule has 3 aromatic rings. The summed E-state index contributed by atoms with van der Waals surface area (Å²) in [5.41, 5.74) is 2.39. The Bertz CT molecular complexity index is 1040. The maximum absolute atomic E-state index is 12.6. The van der Waals surface area contributed by atoms with Gasteiger partial charge in [-0.15, -0.1) is 22.0 Å². The fraction of sp³-hybridized carbons (Fsp3) is 0.304. The summed E-state index contributed by atoms with van der Waals surface area (Å²) in [5, 5.41) is 11.4. The van der Waals surface area contributed by atoms with E-state index in [9.17, 15) is 9.59 Å². The van der Waals surface area contributed by atoms with Crippen LogP contribution in [0.5, 0.6) is 0 Å². The number of amides is 2. The van der Waals surface area contributed by atoms with Crippen LogP contribution in [-0.2, 0) is 15.3 Å². The molecular weight excluding hydrogens is 474 g/mol. The summed E-state index contributed by atoms with van der Waals surface area (Å²) in [6.45, 7) is 3.09. The largest absolute Gasteiger partial charge is 0.368 e. The Hall–Kier alpha value is -2.56. The molecule has 1 fully saturated rings. The zero-order chi connectivity index (χ0) is 22.9. The zero-order valence-corrected chi connectivity index (χ0v) is 20.5. The Morgan fingerprint density at radius 3 is 2.33 bits per heavy atom. The lowest BCUT2D eigenvalue weighted by atomic mass is 10.2. The number of aromatic nitrogens is 2. The molecule has 2 aromatic carbocycles. The zero-order valence-electron chi connectivity index (χ0n) is 18.1. The number of rotatable bonds is 9. The molecule has 0 radical (unpaired) electrons. The monoisotopic (exact) mass is 499 g/mol. The second-order valence-electron chi connectivity index (χ2n) is 7.39. The van der Waals surface area contributed by atoms with E-state index in [1.54, 1.807) is 11.8 Å². The van der Waals surface area contributed by atoms with E-state index < -0.39 is 0 Å². The molecule has 0 unspecified atom stereocenters. The van der Waals surface area contributed by atoms with Crippen molar-refractivity contribution in [3.05, 3.63) is 66.2 Å². The molecular formula is C23H25N5O2S3. The third-order valence-electron chi connectivity index (χ3n) is 5.07. The van der Waals surface area contributed by atoms with Crippen molar-refractivity contribution >= 4 is 57.5 Å². The number of piperazine rings is 1. The molecule has 33 heavy (non-hydrogen) atoms. The minimum absolute atomic E-state index is 0.101. The Morgan fingerprint density at radius 2 is 1.61 bits per heavy atom. The van der Waals surface area contributed by atoms with Gasteiger partial charge in [-0.1, -0.05) is 71.6 Å². The molecule has 1 saturated heterocycles. The number of hydrogen-bond donors (Lipinski definition) is 1. The minimum atomic E-state index is -0.101. The molecule has 1 aliphatic heterocycles. The number of nitrogens with one attached hydrogen (secondary N) is 1. The van der Waals surface area contributed by atoms with Crippen LogP contribution in [0.1, 0.15) is 5.56 Å². The first-order valence-corrected chi connectivity index (χ1v) is 13.6. The lowest BCUT2D eigenvalue weighted by Gasteiger charge is -2.36. The number of carbonyl (C=O) groups excluding carboxylic acids is 2. The van der Waals surface area contributed by atoms with E-state index in [0.29, 0.717) is 34.1 Å². The van der Waals surface area contributed by atoms with Crippen molar-refractivity contribution < 1.29 is 9.59 Å². The predicted octanol–water partition coefficient (Wildman–Crippen LogP) is 3.85. The van der Waals surface area contributed by atoms with Crippen molar-refractivity contribution in [3.63, 3.8) is 0 Å². The van der Waals surface area contributed by atoms with E-state index in [0.717, 1.165) is 18.8 Å². The first-order chi connectivity index (χ1) is 16.2. The van der Waals surface area contributed by atoms with Crippen LogP contribution in [0.4, 0.5) is 10.8 Å². The summed E-state index contributed by atoms with van der Waals surface area (Å²) in [6.07, 6.45) is 0. The highest BCUT2D eigenvalue weighted by Gasteiger charge is 2.21. The van der Waals surface area contributed by atoms with Crippen molar-refractivity contribution in [2.24, 2.45) is 0 Å². The molecule has 0 aliphatic carbocycles. The van der Waals surface area contributed by atoms with E-state index in [4.69, 9.17) is 0 Å². The van der Waals surface area contributed by atoms with Crippen LogP contribution < -0.4 is 10.2 Å². The molecule has 172 valence electrons. The molecule has 2 heterocycles. The van der Waals surface area contributed by atoms with Crippen LogP contribution in [0.15, 0.2) is 65.0 Å². The number of carbonyl (C=O) groups is 2. The summed E-state index contributed by atoms with van der Waals surface area (Å²) in [4.78, 5) is 29.0. The number of benzene rings is 2. The Kier molecular flexibility index (Phi) is 8.62. The lowest BCUT2D eigenvalue weighted by molar-refractivity contribution is -0.128. The first kappa shape index (κ1) is 23.6. The van der Waals surface area contributed by atoms with Gasteiger partial charge >= 0.3 is 0 Å². The van der Waals surface area contributed by atoms with Crippen LogP contribution >= 0.6 is 34.9 Å². The predicted molar refractivity (Wildman–Crippen MR) is 137 cm³/mol. The van der Waals surface area contributed by atoms with Gasteiger partial charge in [0.05, 0.1) is 11.5 Å². The molecule has 4 rings (SSSR count). The van der Waals surface area contributed by atoms with Gasteiger partial charge in [-0.2, -0.15) is 0 Å². The van der Waals surface area contributed by atoms with Gasteiger partial charge in [0.2, 0.25) is 16.9 Å². The van der Waals surface area contributed by atoms with Crippen molar-refractivity contribution in [2.45, 2.75) is 10.1 Å². The fourth-order valence-corrected chi connectivity index (χ4v) is 5.84. The normalized spacial score (nSPS) is 13.7. The number of hydrogen-bond acceptors (Lipinski definition) is 8. The second-order valence-corrected chi connectivity index (χ2v) is 10.6. The SMILES string of the molecule is O=C(CSCc1ccccc1)Nc1nnc(SCC(=O)N2CCN(c3ccccc3)CC2)s1. The number of para-hydroxylation sites is 1. The summed E-state index contributed by atoms with van der Waals surface area (Å²) in [6, 6.07) is 20.3. The summed E-state index contributed by atoms with van der Waals surface area (Å²) >= 11 is 4.22. The maximum atomic E-state index is 12.6. The molecule has 0 bridgehead atoms. The van der Waals surface area contributed by atoms with E-state index in [1.807, 2.05) is 53.4 Å². The molecule has 10 heteroatoms. The van der Waals surface area contributed by atoms with E-state index in [-0.39, 0.29) is 11.8 Å². The van der Waals surface area contributed by atoms with E-state index in [1.165, 1.54) is 34.3 Å². The molecule has 0 atom stereocenters. The average Bonchev–Trinajstić information content (AvgIpc) is 3.31. The third-order valence-corrected chi connectivity index (χ3v) is 8.03. The topological polar surface area (TPSA) is 78.4 Å². The van der Waals surface area contributed by atoms with Gasteiger partial charge < -0.3 is 9.80 Å². The molecule has 1 aromatic heterocycles. The van der Waals surface area contributed by atoms with Gasteiger partial charge in [0.1, 0.15) is 0 Å². The third kappa shape index (κ3) is 7.21. The van der Waals surface area contributed by atoms with E-state index in [2.05, 4.69) is 32.5 Å². The molecule has 1 N–H and O–H groups in total. The Balaban J connectivity index is 1.15. The first-order valence-electron chi connectivity index (χ1n) is 10.6. The van der Waals surface area contributed by atoms with Gasteiger partial charge in [-0.05, 0) is 17.7 Å². The van der Waals surface area contributed by atoms with Gasteiger partial charge in [-0.3, -0.25) is 14.9 Å². The smallest absolute Gasteiger partial charge is 0.236 e. The molecule has 0 spiro atoms. The fourth-order valence-electron chi connectivity index (χ4n) is 3.38. The highest BCUT2D eigenvalue weighted by atomic mass is 32.2. The standard InChI is InChI=1S/C23H25N5O2S3/c29-20(16-31-15-18-7-3-1-4-8-18)24-22-25-26-23(33-22)32-17-21(30)28-13-11-27(12-14-28)19-9-5-2-6-10-19/h1-10H,11-17H2,(H,24,25,29). The number of anilines is 2. The molecule has 7 nitrogen and oxygen atoms in total. The van der Waals surface area contributed by atoms with Crippen molar-refractivity contribution in [3.8, 4) is 0 Å².